The summed E-state index contributed by atoms with van der Waals surface area (Å²) in [6.45, 7) is 0.854. The van der Waals surface area contributed by atoms with E-state index in [4.69, 9.17) is 13.9 Å². The Hall–Kier alpha value is -3.55. The zero-order chi connectivity index (χ0) is 17.3. The molecule has 8 heteroatoms. The van der Waals surface area contributed by atoms with Crippen LogP contribution in [0.3, 0.4) is 0 Å². The molecule has 0 amide bonds. The summed E-state index contributed by atoms with van der Waals surface area (Å²) in [5.41, 5.74) is 1.92. The maximum absolute atomic E-state index is 5.88. The maximum Gasteiger partial charge on any atom is 0.315 e. The lowest BCUT2D eigenvalue weighted by atomic mass is 10.2. The van der Waals surface area contributed by atoms with Gasteiger partial charge in [0, 0.05) is 18.1 Å². The van der Waals surface area contributed by atoms with E-state index in [-0.39, 0.29) is 0 Å². The molecule has 1 aliphatic heterocycles. The molecule has 1 N–H and O–H groups in total. The highest BCUT2D eigenvalue weighted by atomic mass is 16.6. The molecule has 0 aliphatic carbocycles. The van der Waals surface area contributed by atoms with Gasteiger partial charge in [-0.1, -0.05) is 23.3 Å². The number of hydrogen-bond acceptors (Lipinski definition) is 7. The van der Waals surface area contributed by atoms with Crippen molar-refractivity contribution in [3.8, 4) is 11.5 Å². The van der Waals surface area contributed by atoms with Gasteiger partial charge in [0.2, 0.25) is 6.10 Å². The third-order valence-corrected chi connectivity index (χ3v) is 4.16. The van der Waals surface area contributed by atoms with Gasteiger partial charge in [0.05, 0.1) is 6.54 Å². The van der Waals surface area contributed by atoms with Crippen LogP contribution in [0.1, 0.15) is 17.7 Å². The van der Waals surface area contributed by atoms with Gasteiger partial charge in [-0.05, 0) is 24.3 Å². The number of nitrogens with one attached hydrogen (secondary N) is 1. The van der Waals surface area contributed by atoms with Gasteiger partial charge in [0.1, 0.15) is 12.3 Å². The molecule has 1 aromatic carbocycles. The predicted molar refractivity (Wildman–Crippen MR) is 92.1 cm³/mol. The van der Waals surface area contributed by atoms with E-state index < -0.39 is 6.10 Å². The van der Waals surface area contributed by atoms with Crippen molar-refractivity contribution in [1.82, 2.24) is 19.6 Å². The van der Waals surface area contributed by atoms with Gasteiger partial charge in [-0.3, -0.25) is 0 Å². The Morgan fingerprint density at radius 3 is 2.96 bits per heavy atom. The lowest BCUT2D eigenvalue weighted by Crippen LogP contribution is -2.21. The van der Waals surface area contributed by atoms with Gasteiger partial charge in [-0.2, -0.15) is 0 Å². The van der Waals surface area contributed by atoms with Crippen LogP contribution < -0.4 is 14.8 Å². The largest absolute Gasteiger partial charge is 0.485 e. The van der Waals surface area contributed by atoms with Crippen LogP contribution in [0.2, 0.25) is 0 Å². The highest BCUT2D eigenvalue weighted by Gasteiger charge is 2.27. The fourth-order valence-electron chi connectivity index (χ4n) is 2.89. The molecule has 0 unspecified atom stereocenters. The van der Waals surface area contributed by atoms with Crippen LogP contribution in [-0.4, -0.2) is 26.2 Å². The molecule has 0 fully saturated rings. The monoisotopic (exact) mass is 349 g/mol. The van der Waals surface area contributed by atoms with Gasteiger partial charge >= 0.3 is 6.01 Å². The Morgan fingerprint density at radius 2 is 2.00 bits per heavy atom. The molecule has 5 rings (SSSR count). The third-order valence-electron chi connectivity index (χ3n) is 4.16. The average Bonchev–Trinajstić information content (AvgIpc) is 3.35. The molecule has 0 bridgehead atoms. The first kappa shape index (κ1) is 14.8. The fourth-order valence-corrected chi connectivity index (χ4v) is 2.89. The first-order chi connectivity index (χ1) is 12.9. The number of benzene rings is 1. The number of rotatable bonds is 4. The fraction of sp³-hybridized carbons (Fsp3) is 0.167. The summed E-state index contributed by atoms with van der Waals surface area (Å²) in [7, 11) is 0. The van der Waals surface area contributed by atoms with Crippen molar-refractivity contribution in [3.63, 3.8) is 0 Å². The van der Waals surface area contributed by atoms with Crippen molar-refractivity contribution in [2.75, 3.05) is 11.9 Å². The molecule has 26 heavy (non-hydrogen) atoms. The van der Waals surface area contributed by atoms with E-state index in [1.807, 2.05) is 53.1 Å². The van der Waals surface area contributed by atoms with E-state index in [0.717, 1.165) is 17.1 Å². The Labute approximate surface area is 148 Å². The highest BCUT2D eigenvalue weighted by molar-refractivity contribution is 5.41. The molecule has 4 heterocycles. The van der Waals surface area contributed by atoms with Crippen molar-refractivity contribution in [2.24, 2.45) is 0 Å². The minimum atomic E-state index is -0.426. The van der Waals surface area contributed by atoms with E-state index >= 15 is 0 Å². The highest BCUT2D eigenvalue weighted by Crippen LogP contribution is 2.35. The SMILES string of the molecule is c1ccc2c(c1)OC[C@@H](c1nnc(NCc3cccc4nccn34)o1)O2. The smallest absolute Gasteiger partial charge is 0.315 e. The molecule has 4 aromatic rings. The van der Waals surface area contributed by atoms with Gasteiger partial charge in [0.25, 0.3) is 5.89 Å². The number of anilines is 1. The zero-order valence-corrected chi connectivity index (χ0v) is 13.7. The summed E-state index contributed by atoms with van der Waals surface area (Å²) in [5.74, 6) is 1.76. The van der Waals surface area contributed by atoms with Crippen molar-refractivity contribution in [3.05, 3.63) is 66.4 Å². The van der Waals surface area contributed by atoms with E-state index in [1.165, 1.54) is 0 Å². The molecule has 8 nitrogen and oxygen atoms in total. The molecular weight excluding hydrogens is 334 g/mol. The first-order valence-electron chi connectivity index (χ1n) is 8.23. The lowest BCUT2D eigenvalue weighted by molar-refractivity contribution is 0.0717. The minimum Gasteiger partial charge on any atom is -0.485 e. The molecule has 0 saturated heterocycles. The normalized spacial score (nSPS) is 15.9. The molecule has 1 atom stereocenters. The van der Waals surface area contributed by atoms with Gasteiger partial charge in [0.15, 0.2) is 11.5 Å². The maximum atomic E-state index is 5.88. The minimum absolute atomic E-state index is 0.326. The van der Waals surface area contributed by atoms with Gasteiger partial charge < -0.3 is 23.6 Å². The molecule has 1 aliphatic rings. The van der Waals surface area contributed by atoms with Crippen LogP contribution in [0.15, 0.2) is 59.3 Å². The van der Waals surface area contributed by atoms with Crippen molar-refractivity contribution >= 4 is 11.7 Å². The molecule has 0 radical (unpaired) electrons. The third kappa shape index (κ3) is 2.61. The van der Waals surface area contributed by atoms with Gasteiger partial charge in [-0.25, -0.2) is 4.98 Å². The number of fused-ring (bicyclic) bond motifs is 2. The Kier molecular flexibility index (Phi) is 3.45. The van der Waals surface area contributed by atoms with Crippen molar-refractivity contribution in [1.29, 1.82) is 0 Å². The van der Waals surface area contributed by atoms with E-state index in [1.54, 1.807) is 6.20 Å². The number of nitrogens with zero attached hydrogens (tertiary/aromatic N) is 4. The second kappa shape index (κ2) is 6.07. The van der Waals surface area contributed by atoms with Crippen LogP contribution in [0.25, 0.3) is 5.65 Å². The quantitative estimate of drug-likeness (QED) is 0.606. The number of ether oxygens (including phenoxy) is 2. The van der Waals surface area contributed by atoms with E-state index in [0.29, 0.717) is 30.8 Å². The van der Waals surface area contributed by atoms with Crippen LogP contribution in [0, 0.1) is 0 Å². The standard InChI is InChI=1S/C18H15N5O3/c1-2-6-14-13(5-1)24-11-15(25-14)17-21-22-18(26-17)20-10-12-4-3-7-16-19-8-9-23(12)16/h1-9,15H,10-11H2,(H,20,22)/t15-/m0/s1. The summed E-state index contributed by atoms with van der Waals surface area (Å²) < 4.78 is 19.3. The topological polar surface area (TPSA) is 86.7 Å². The summed E-state index contributed by atoms with van der Waals surface area (Å²) in [4.78, 5) is 4.27. The first-order valence-corrected chi connectivity index (χ1v) is 8.23. The van der Waals surface area contributed by atoms with Crippen LogP contribution >= 0.6 is 0 Å². The van der Waals surface area contributed by atoms with Crippen LogP contribution in [-0.2, 0) is 6.54 Å². The van der Waals surface area contributed by atoms with Gasteiger partial charge in [-0.15, -0.1) is 5.10 Å². The molecular formula is C18H15N5O3. The second-order valence-corrected chi connectivity index (χ2v) is 5.84. The summed E-state index contributed by atoms with van der Waals surface area (Å²) in [6.07, 6.45) is 3.25. The Balaban J connectivity index is 1.29. The number of imidazole rings is 1. The lowest BCUT2D eigenvalue weighted by Gasteiger charge is -2.23. The molecule has 130 valence electrons. The Morgan fingerprint density at radius 1 is 1.08 bits per heavy atom. The number of aromatic nitrogens is 4. The molecule has 0 spiro atoms. The zero-order valence-electron chi connectivity index (χ0n) is 13.7. The van der Waals surface area contributed by atoms with E-state index in [2.05, 4.69) is 20.5 Å². The number of pyridine rings is 1. The van der Waals surface area contributed by atoms with Crippen molar-refractivity contribution < 1.29 is 13.9 Å². The predicted octanol–water partition coefficient (Wildman–Crippen LogP) is 2.84. The molecule has 3 aromatic heterocycles. The van der Waals surface area contributed by atoms with E-state index in [9.17, 15) is 0 Å². The summed E-state index contributed by atoms with van der Waals surface area (Å²) >= 11 is 0. The number of para-hydroxylation sites is 2. The van der Waals surface area contributed by atoms with Crippen molar-refractivity contribution in [2.45, 2.75) is 12.6 Å². The summed E-state index contributed by atoms with van der Waals surface area (Å²) in [5, 5.41) is 11.3. The summed E-state index contributed by atoms with van der Waals surface area (Å²) in [6, 6.07) is 13.8. The Bertz CT molecular complexity index is 1060. The van der Waals surface area contributed by atoms with Crippen LogP contribution in [0.5, 0.6) is 11.5 Å². The second-order valence-electron chi connectivity index (χ2n) is 5.84. The number of hydrogen-bond donors (Lipinski definition) is 1. The molecule has 0 saturated carbocycles. The average molecular weight is 349 g/mol. The van der Waals surface area contributed by atoms with Crippen LogP contribution in [0.4, 0.5) is 6.01 Å².